The number of nitrogens with two attached hydrogens (primary N) is 2. The van der Waals surface area contributed by atoms with Crippen molar-refractivity contribution in [3.63, 3.8) is 0 Å². The van der Waals surface area contributed by atoms with E-state index in [1.54, 1.807) is 24.3 Å². The number of aromatic nitrogens is 1. The summed E-state index contributed by atoms with van der Waals surface area (Å²) in [5.74, 6) is -0.887. The minimum absolute atomic E-state index is 0.00176. The molecule has 0 fully saturated rings. The smallest absolute Gasteiger partial charge is 0.398 e. The second kappa shape index (κ2) is 4.09. The van der Waals surface area contributed by atoms with E-state index in [1.807, 2.05) is 0 Å². The first kappa shape index (κ1) is 10.9. The molecule has 2 aromatic rings. The maximum absolute atomic E-state index is 11.4. The number of carbonyl (C=O) groups is 2. The molecule has 0 atom stereocenters. The van der Waals surface area contributed by atoms with Crippen molar-refractivity contribution in [2.45, 2.75) is 0 Å². The maximum Gasteiger partial charge on any atom is 0.412 e. The lowest BCUT2D eigenvalue weighted by atomic mass is 10.1. The molecule has 0 aliphatic carbocycles. The second-order valence-corrected chi connectivity index (χ2v) is 3.32. The van der Waals surface area contributed by atoms with Crippen molar-refractivity contribution in [3.05, 3.63) is 36.0 Å². The number of primary amides is 1. The largest absolute Gasteiger partial charge is 0.412 e. The zero-order valence-corrected chi connectivity index (χ0v) is 8.71. The minimum Gasteiger partial charge on any atom is -0.398 e. The number of esters is 1. The number of hydrogen-bond acceptors (Lipinski definition) is 5. The normalized spacial score (nSPS) is 10.1. The molecule has 86 valence electrons. The van der Waals surface area contributed by atoms with Crippen molar-refractivity contribution < 1.29 is 14.3 Å². The van der Waals surface area contributed by atoms with Crippen LogP contribution < -0.4 is 11.5 Å². The topological polar surface area (TPSA) is 108 Å². The molecule has 0 aliphatic heterocycles. The van der Waals surface area contributed by atoms with E-state index in [0.717, 1.165) is 5.39 Å². The Labute approximate surface area is 96.2 Å². The Kier molecular flexibility index (Phi) is 2.61. The van der Waals surface area contributed by atoms with E-state index in [-0.39, 0.29) is 5.69 Å². The summed E-state index contributed by atoms with van der Waals surface area (Å²) in [6, 6.07) is 8.20. The van der Waals surface area contributed by atoms with Crippen LogP contribution in [0.1, 0.15) is 10.5 Å². The Morgan fingerprint density at radius 3 is 2.65 bits per heavy atom. The molecule has 1 heterocycles. The highest BCUT2D eigenvalue weighted by molar-refractivity contribution is 5.98. The standard InChI is InChI=1S/C11H9N3O3/c12-7-2-1-3-8-6(7)4-5-9(14-8)10(15)17-11(13)16/h1-5H,12H2,(H2,13,16). The number of rotatable bonds is 1. The number of fused-ring (bicyclic) bond motifs is 1. The number of nitrogen functional groups attached to an aromatic ring is 1. The number of nitrogens with zero attached hydrogens (tertiary/aromatic N) is 1. The average molecular weight is 231 g/mol. The zero-order valence-electron chi connectivity index (χ0n) is 8.71. The number of amides is 1. The first-order valence-electron chi connectivity index (χ1n) is 4.75. The van der Waals surface area contributed by atoms with E-state index in [4.69, 9.17) is 11.5 Å². The van der Waals surface area contributed by atoms with Gasteiger partial charge in [-0.15, -0.1) is 0 Å². The van der Waals surface area contributed by atoms with Crippen LogP contribution in [0.2, 0.25) is 0 Å². The molecule has 2 rings (SSSR count). The van der Waals surface area contributed by atoms with Crippen molar-refractivity contribution in [2.75, 3.05) is 5.73 Å². The SMILES string of the molecule is NC(=O)OC(=O)c1ccc2c(N)cccc2n1. The predicted molar refractivity (Wildman–Crippen MR) is 61.2 cm³/mol. The summed E-state index contributed by atoms with van der Waals surface area (Å²) in [6.07, 6.45) is -1.16. The number of benzene rings is 1. The Hall–Kier alpha value is -2.63. The summed E-state index contributed by atoms with van der Waals surface area (Å²) in [5.41, 5.74) is 11.6. The van der Waals surface area contributed by atoms with Gasteiger partial charge >= 0.3 is 12.1 Å². The van der Waals surface area contributed by atoms with Crippen LogP contribution >= 0.6 is 0 Å². The van der Waals surface area contributed by atoms with Crippen LogP contribution in [-0.2, 0) is 4.74 Å². The Balaban J connectivity index is 2.45. The fourth-order valence-corrected chi connectivity index (χ4v) is 1.44. The monoisotopic (exact) mass is 231 g/mol. The fourth-order valence-electron chi connectivity index (χ4n) is 1.44. The summed E-state index contributed by atoms with van der Waals surface area (Å²) in [5, 5.41) is 0.725. The number of carbonyl (C=O) groups excluding carboxylic acids is 2. The Bertz CT molecular complexity index is 610. The van der Waals surface area contributed by atoms with Crippen LogP contribution in [0.25, 0.3) is 10.9 Å². The molecule has 0 saturated heterocycles. The zero-order chi connectivity index (χ0) is 12.4. The van der Waals surface area contributed by atoms with Gasteiger partial charge < -0.3 is 16.2 Å². The van der Waals surface area contributed by atoms with Crippen LogP contribution in [0, 0.1) is 0 Å². The van der Waals surface area contributed by atoms with E-state index >= 15 is 0 Å². The molecule has 0 unspecified atom stereocenters. The van der Waals surface area contributed by atoms with Crippen molar-refractivity contribution in [1.82, 2.24) is 4.98 Å². The quantitative estimate of drug-likeness (QED) is 0.433. The summed E-state index contributed by atoms with van der Waals surface area (Å²) < 4.78 is 4.22. The van der Waals surface area contributed by atoms with Crippen molar-refractivity contribution in [1.29, 1.82) is 0 Å². The highest BCUT2D eigenvalue weighted by Gasteiger charge is 2.12. The molecular weight excluding hydrogens is 222 g/mol. The third kappa shape index (κ3) is 2.15. The van der Waals surface area contributed by atoms with Gasteiger partial charge in [-0.25, -0.2) is 14.6 Å². The lowest BCUT2D eigenvalue weighted by Crippen LogP contribution is -2.19. The lowest BCUT2D eigenvalue weighted by Gasteiger charge is -2.03. The first-order valence-corrected chi connectivity index (χ1v) is 4.75. The van der Waals surface area contributed by atoms with E-state index in [1.165, 1.54) is 6.07 Å². The summed E-state index contributed by atoms with van der Waals surface area (Å²) in [7, 11) is 0. The van der Waals surface area contributed by atoms with Gasteiger partial charge in [0, 0.05) is 11.1 Å². The van der Waals surface area contributed by atoms with Crippen molar-refractivity contribution >= 4 is 28.7 Å². The van der Waals surface area contributed by atoms with Crippen molar-refractivity contribution in [2.24, 2.45) is 5.73 Å². The van der Waals surface area contributed by atoms with Crippen LogP contribution in [0.15, 0.2) is 30.3 Å². The van der Waals surface area contributed by atoms with E-state index in [2.05, 4.69) is 9.72 Å². The molecule has 0 radical (unpaired) electrons. The molecule has 4 N–H and O–H groups in total. The third-order valence-electron chi connectivity index (χ3n) is 2.17. The van der Waals surface area contributed by atoms with Gasteiger partial charge in [0.2, 0.25) is 0 Å². The fraction of sp³-hybridized carbons (Fsp3) is 0. The summed E-state index contributed by atoms with van der Waals surface area (Å²) >= 11 is 0. The average Bonchev–Trinajstić information content (AvgIpc) is 2.28. The molecule has 17 heavy (non-hydrogen) atoms. The second-order valence-electron chi connectivity index (χ2n) is 3.32. The van der Waals surface area contributed by atoms with Gasteiger partial charge in [0.05, 0.1) is 5.52 Å². The number of anilines is 1. The Morgan fingerprint density at radius 2 is 1.94 bits per heavy atom. The van der Waals surface area contributed by atoms with Gasteiger partial charge in [0.1, 0.15) is 5.69 Å². The number of ether oxygens (including phenoxy) is 1. The van der Waals surface area contributed by atoms with Gasteiger partial charge in [-0.1, -0.05) is 6.07 Å². The molecular formula is C11H9N3O3. The molecule has 1 amide bonds. The van der Waals surface area contributed by atoms with Crippen LogP contribution in [0.3, 0.4) is 0 Å². The van der Waals surface area contributed by atoms with E-state index < -0.39 is 12.1 Å². The molecule has 0 spiro atoms. The third-order valence-corrected chi connectivity index (χ3v) is 2.17. The van der Waals surface area contributed by atoms with Crippen LogP contribution in [0.5, 0.6) is 0 Å². The van der Waals surface area contributed by atoms with E-state index in [0.29, 0.717) is 11.2 Å². The Morgan fingerprint density at radius 1 is 1.18 bits per heavy atom. The number of hydrogen-bond donors (Lipinski definition) is 2. The molecule has 6 nitrogen and oxygen atoms in total. The lowest BCUT2D eigenvalue weighted by molar-refractivity contribution is 0.0632. The summed E-state index contributed by atoms with van der Waals surface area (Å²) in [6.45, 7) is 0. The van der Waals surface area contributed by atoms with Gasteiger partial charge in [0.25, 0.3) is 0 Å². The van der Waals surface area contributed by atoms with E-state index in [9.17, 15) is 9.59 Å². The van der Waals surface area contributed by atoms with Crippen molar-refractivity contribution in [3.8, 4) is 0 Å². The molecule has 1 aromatic heterocycles. The van der Waals surface area contributed by atoms with Gasteiger partial charge in [-0.2, -0.15) is 0 Å². The number of pyridine rings is 1. The molecule has 6 heteroatoms. The van der Waals surface area contributed by atoms with Gasteiger partial charge in [-0.3, -0.25) is 0 Å². The van der Waals surface area contributed by atoms with Crippen LogP contribution in [0.4, 0.5) is 10.5 Å². The highest BCUT2D eigenvalue weighted by Crippen LogP contribution is 2.19. The first-order chi connectivity index (χ1) is 8.08. The van der Waals surface area contributed by atoms with Gasteiger partial charge in [-0.05, 0) is 24.3 Å². The highest BCUT2D eigenvalue weighted by atomic mass is 16.6. The van der Waals surface area contributed by atoms with Crippen LogP contribution in [-0.4, -0.2) is 17.0 Å². The maximum atomic E-state index is 11.4. The molecule has 0 saturated carbocycles. The molecule has 0 aliphatic rings. The van der Waals surface area contributed by atoms with Gasteiger partial charge in [0.15, 0.2) is 0 Å². The summed E-state index contributed by atoms with van der Waals surface area (Å²) in [4.78, 5) is 25.8. The molecule has 1 aromatic carbocycles. The predicted octanol–water partition coefficient (Wildman–Crippen LogP) is 1.05. The molecule has 0 bridgehead atoms. The minimum atomic E-state index is -1.16.